The lowest BCUT2D eigenvalue weighted by Gasteiger charge is -2.29. The van der Waals surface area contributed by atoms with Crippen molar-refractivity contribution in [3.05, 3.63) is 65.2 Å². The molecule has 1 aliphatic heterocycles. The molecule has 2 N–H and O–H groups in total. The Hall–Kier alpha value is -2.82. The molecule has 0 bridgehead atoms. The summed E-state index contributed by atoms with van der Waals surface area (Å²) in [4.78, 5) is 24.5. The van der Waals surface area contributed by atoms with E-state index in [4.69, 9.17) is 4.74 Å². The van der Waals surface area contributed by atoms with Crippen LogP contribution in [-0.4, -0.2) is 23.6 Å². The Balaban J connectivity index is 1.58. The molecule has 2 aromatic rings. The van der Waals surface area contributed by atoms with E-state index in [-0.39, 0.29) is 17.9 Å². The van der Waals surface area contributed by atoms with Crippen molar-refractivity contribution >= 4 is 11.9 Å². The van der Waals surface area contributed by atoms with Crippen LogP contribution in [0.2, 0.25) is 0 Å². The number of benzene rings is 2. The maximum atomic E-state index is 13.1. The second-order valence-corrected chi connectivity index (χ2v) is 8.07. The molecule has 1 amide bonds. The van der Waals surface area contributed by atoms with Crippen LogP contribution in [0.25, 0.3) is 0 Å². The third-order valence-corrected chi connectivity index (χ3v) is 6.08. The van der Waals surface area contributed by atoms with Crippen LogP contribution in [-0.2, 0) is 16.0 Å². The van der Waals surface area contributed by atoms with Crippen LogP contribution in [0.15, 0.2) is 48.5 Å². The first kappa shape index (κ1) is 19.5. The SMILES string of the molecule is O=C(O)C1CCCC(C(=O)NC(c2ccccc2)c2ccc3c(c2)CCCO3)C1. The lowest BCUT2D eigenvalue weighted by Crippen LogP contribution is -2.38. The molecule has 5 heteroatoms. The molecule has 5 nitrogen and oxygen atoms in total. The fourth-order valence-electron chi connectivity index (χ4n) is 4.48. The van der Waals surface area contributed by atoms with Gasteiger partial charge in [-0.3, -0.25) is 9.59 Å². The quantitative estimate of drug-likeness (QED) is 0.802. The van der Waals surface area contributed by atoms with E-state index in [1.807, 2.05) is 42.5 Å². The van der Waals surface area contributed by atoms with E-state index >= 15 is 0 Å². The molecule has 4 rings (SSSR count). The van der Waals surface area contributed by atoms with E-state index in [9.17, 15) is 14.7 Å². The maximum absolute atomic E-state index is 13.1. The lowest BCUT2D eigenvalue weighted by atomic mass is 9.80. The number of amides is 1. The molecule has 152 valence electrons. The van der Waals surface area contributed by atoms with Gasteiger partial charge >= 0.3 is 5.97 Å². The normalized spacial score (nSPS) is 22.1. The van der Waals surface area contributed by atoms with Gasteiger partial charge in [0.05, 0.1) is 18.6 Å². The van der Waals surface area contributed by atoms with Crippen LogP contribution in [0.1, 0.15) is 54.8 Å². The van der Waals surface area contributed by atoms with Gasteiger partial charge in [0.15, 0.2) is 0 Å². The Labute approximate surface area is 171 Å². The number of carboxylic acid groups (broad SMARTS) is 1. The van der Waals surface area contributed by atoms with Crippen LogP contribution >= 0.6 is 0 Å². The number of carbonyl (C=O) groups excluding carboxylic acids is 1. The first-order chi connectivity index (χ1) is 14.1. The Bertz CT molecular complexity index is 880. The maximum Gasteiger partial charge on any atom is 0.306 e. The van der Waals surface area contributed by atoms with Gasteiger partial charge < -0.3 is 15.2 Å². The second-order valence-electron chi connectivity index (χ2n) is 8.07. The van der Waals surface area contributed by atoms with E-state index < -0.39 is 11.9 Å². The second kappa shape index (κ2) is 8.68. The molecule has 0 saturated heterocycles. The van der Waals surface area contributed by atoms with Crippen molar-refractivity contribution in [2.24, 2.45) is 11.8 Å². The number of aryl methyl sites for hydroxylation is 1. The van der Waals surface area contributed by atoms with Gasteiger partial charge in [-0.05, 0) is 60.9 Å². The molecular weight excluding hydrogens is 366 g/mol. The highest BCUT2D eigenvalue weighted by Gasteiger charge is 2.32. The first-order valence-electron chi connectivity index (χ1n) is 10.5. The van der Waals surface area contributed by atoms with Gasteiger partial charge in [-0.25, -0.2) is 0 Å². The molecule has 3 unspecified atom stereocenters. The molecule has 29 heavy (non-hydrogen) atoms. The van der Waals surface area contributed by atoms with E-state index in [0.29, 0.717) is 12.8 Å². The van der Waals surface area contributed by atoms with Gasteiger partial charge in [0.25, 0.3) is 0 Å². The van der Waals surface area contributed by atoms with Gasteiger partial charge in [-0.2, -0.15) is 0 Å². The Morgan fingerprint density at radius 1 is 1.00 bits per heavy atom. The topological polar surface area (TPSA) is 75.6 Å². The van der Waals surface area contributed by atoms with Crippen LogP contribution in [0, 0.1) is 11.8 Å². The Morgan fingerprint density at radius 3 is 2.59 bits per heavy atom. The highest BCUT2D eigenvalue weighted by atomic mass is 16.5. The molecular formula is C24H27NO4. The van der Waals surface area contributed by atoms with E-state index in [0.717, 1.165) is 49.2 Å². The summed E-state index contributed by atoms with van der Waals surface area (Å²) in [5.41, 5.74) is 3.22. The summed E-state index contributed by atoms with van der Waals surface area (Å²) in [6.45, 7) is 0.748. The van der Waals surface area contributed by atoms with Crippen LogP contribution < -0.4 is 10.1 Å². The summed E-state index contributed by atoms with van der Waals surface area (Å²) in [5, 5.41) is 12.6. The molecule has 1 heterocycles. The van der Waals surface area contributed by atoms with Crippen LogP contribution in [0.4, 0.5) is 0 Å². The number of carbonyl (C=O) groups is 2. The molecule has 0 radical (unpaired) electrons. The van der Waals surface area contributed by atoms with Gasteiger partial charge in [0, 0.05) is 5.92 Å². The molecule has 0 spiro atoms. The monoisotopic (exact) mass is 393 g/mol. The van der Waals surface area contributed by atoms with Crippen molar-refractivity contribution in [2.45, 2.75) is 44.6 Å². The summed E-state index contributed by atoms with van der Waals surface area (Å²) in [5.74, 6) is -0.599. The predicted molar refractivity (Wildman–Crippen MR) is 110 cm³/mol. The van der Waals surface area contributed by atoms with Crippen LogP contribution in [0.3, 0.4) is 0 Å². The van der Waals surface area contributed by atoms with Crippen molar-refractivity contribution in [1.29, 1.82) is 0 Å². The molecule has 3 atom stereocenters. The lowest BCUT2D eigenvalue weighted by molar-refractivity contribution is -0.144. The molecule has 2 aliphatic rings. The number of fused-ring (bicyclic) bond motifs is 1. The molecule has 1 saturated carbocycles. The number of nitrogens with one attached hydrogen (secondary N) is 1. The molecule has 0 aromatic heterocycles. The summed E-state index contributed by atoms with van der Waals surface area (Å²) in [6.07, 6.45) is 4.57. The fourth-order valence-corrected chi connectivity index (χ4v) is 4.48. The fraction of sp³-hybridized carbons (Fsp3) is 0.417. The number of hydrogen-bond acceptors (Lipinski definition) is 3. The van der Waals surface area contributed by atoms with Gasteiger partial charge in [-0.1, -0.05) is 42.8 Å². The zero-order valence-electron chi connectivity index (χ0n) is 16.5. The zero-order chi connectivity index (χ0) is 20.2. The summed E-state index contributed by atoms with van der Waals surface area (Å²) < 4.78 is 5.73. The van der Waals surface area contributed by atoms with Crippen molar-refractivity contribution in [1.82, 2.24) is 5.32 Å². The predicted octanol–water partition coefficient (Wildman–Crippen LogP) is 4.11. The van der Waals surface area contributed by atoms with Gasteiger partial charge in [-0.15, -0.1) is 0 Å². The zero-order valence-corrected chi connectivity index (χ0v) is 16.5. The van der Waals surface area contributed by atoms with Crippen molar-refractivity contribution in [3.8, 4) is 5.75 Å². The Kier molecular flexibility index (Phi) is 5.84. The Morgan fingerprint density at radius 2 is 1.79 bits per heavy atom. The van der Waals surface area contributed by atoms with E-state index in [1.54, 1.807) is 0 Å². The third-order valence-electron chi connectivity index (χ3n) is 6.08. The van der Waals surface area contributed by atoms with Crippen LogP contribution in [0.5, 0.6) is 5.75 Å². The summed E-state index contributed by atoms with van der Waals surface area (Å²) in [7, 11) is 0. The molecule has 1 aliphatic carbocycles. The van der Waals surface area contributed by atoms with Crippen molar-refractivity contribution < 1.29 is 19.4 Å². The number of aliphatic carboxylic acids is 1. The number of ether oxygens (including phenoxy) is 1. The summed E-state index contributed by atoms with van der Waals surface area (Å²) in [6, 6.07) is 15.8. The minimum atomic E-state index is -0.795. The highest BCUT2D eigenvalue weighted by Crippen LogP contribution is 2.33. The van der Waals surface area contributed by atoms with E-state index in [2.05, 4.69) is 11.4 Å². The number of carboxylic acids is 1. The largest absolute Gasteiger partial charge is 0.493 e. The minimum absolute atomic E-state index is 0.0567. The average Bonchev–Trinajstić information content (AvgIpc) is 2.77. The molecule has 2 aromatic carbocycles. The third kappa shape index (κ3) is 4.44. The molecule has 1 fully saturated rings. The standard InChI is InChI=1S/C24H27NO4/c26-23(19-8-4-9-20(15-19)24(27)28)25-22(16-6-2-1-3-7-16)18-11-12-21-17(14-18)10-5-13-29-21/h1-3,6-7,11-12,14,19-20,22H,4-5,8-10,13,15H2,(H,25,26)(H,27,28). The first-order valence-corrected chi connectivity index (χ1v) is 10.5. The van der Waals surface area contributed by atoms with Gasteiger partial charge in [0.1, 0.15) is 5.75 Å². The average molecular weight is 393 g/mol. The van der Waals surface area contributed by atoms with Crippen molar-refractivity contribution in [3.63, 3.8) is 0 Å². The van der Waals surface area contributed by atoms with E-state index in [1.165, 1.54) is 5.56 Å². The highest BCUT2D eigenvalue weighted by molar-refractivity contribution is 5.81. The summed E-state index contributed by atoms with van der Waals surface area (Å²) >= 11 is 0. The van der Waals surface area contributed by atoms with Crippen molar-refractivity contribution in [2.75, 3.05) is 6.61 Å². The minimum Gasteiger partial charge on any atom is -0.493 e. The van der Waals surface area contributed by atoms with Gasteiger partial charge in [0.2, 0.25) is 5.91 Å². The number of hydrogen-bond donors (Lipinski definition) is 2. The number of rotatable bonds is 5. The smallest absolute Gasteiger partial charge is 0.306 e.